The van der Waals surface area contributed by atoms with Crippen molar-refractivity contribution in [2.24, 2.45) is 11.7 Å². The molecule has 3 fully saturated rings. The summed E-state index contributed by atoms with van der Waals surface area (Å²) in [6, 6.07) is 0.870. The fourth-order valence-electron chi connectivity index (χ4n) is 4.25. The highest BCUT2D eigenvalue weighted by atomic mass is 16.3. The number of hydrogen-bond acceptors (Lipinski definition) is 5. The number of aliphatic hydroxyl groups is 1. The topological polar surface area (TPSA) is 78.9 Å². The van der Waals surface area contributed by atoms with Crippen LogP contribution in [0.1, 0.15) is 27.2 Å². The summed E-state index contributed by atoms with van der Waals surface area (Å²) in [4.78, 5) is 4.82. The highest BCUT2D eigenvalue weighted by Gasteiger charge is 2.54. The summed E-state index contributed by atoms with van der Waals surface area (Å²) < 4.78 is 0. The van der Waals surface area contributed by atoms with Crippen LogP contribution in [0, 0.1) is 5.92 Å². The van der Waals surface area contributed by atoms with Gasteiger partial charge in [-0.3, -0.25) is 9.80 Å². The molecule has 6 atom stereocenters. The lowest BCUT2D eigenvalue weighted by molar-refractivity contribution is -0.111. The SMILES string of the molecule is CC1C[N]C(N2CCC(O)C2)(N2CC(C)C(N)C2)C(C)N1. The standard InChI is InChI=1S/C15H30N5O/c1-10-7-20(9-14(10)16)15(19-5-4-13(21)8-19)12(3)18-11(2)6-17-15/h10-14,18,21H,4-9,16H2,1-3H3. The van der Waals surface area contributed by atoms with Gasteiger partial charge in [-0.1, -0.05) is 6.92 Å². The van der Waals surface area contributed by atoms with E-state index in [-0.39, 0.29) is 24.0 Å². The molecule has 3 rings (SSSR count). The lowest BCUT2D eigenvalue weighted by Gasteiger charge is -2.54. The molecule has 3 heterocycles. The smallest absolute Gasteiger partial charge is 0.159 e. The highest BCUT2D eigenvalue weighted by molar-refractivity contribution is 5.06. The third-order valence-corrected chi connectivity index (χ3v) is 5.48. The number of nitrogens with zero attached hydrogens (tertiary/aromatic N) is 3. The molecular weight excluding hydrogens is 266 g/mol. The molecule has 0 saturated carbocycles. The minimum absolute atomic E-state index is 0.219. The van der Waals surface area contributed by atoms with Crippen molar-refractivity contribution in [3.63, 3.8) is 0 Å². The van der Waals surface area contributed by atoms with Gasteiger partial charge >= 0.3 is 0 Å². The van der Waals surface area contributed by atoms with E-state index in [9.17, 15) is 5.11 Å². The minimum atomic E-state index is -0.341. The number of rotatable bonds is 2. The first-order chi connectivity index (χ1) is 9.93. The second-order valence-corrected chi connectivity index (χ2v) is 7.25. The van der Waals surface area contributed by atoms with Gasteiger partial charge in [0.15, 0.2) is 5.79 Å². The van der Waals surface area contributed by atoms with Crippen LogP contribution in [0.25, 0.3) is 0 Å². The maximum Gasteiger partial charge on any atom is 0.159 e. The molecule has 3 aliphatic heterocycles. The minimum Gasteiger partial charge on any atom is -0.392 e. The largest absolute Gasteiger partial charge is 0.392 e. The molecule has 0 amide bonds. The van der Waals surface area contributed by atoms with Crippen LogP contribution < -0.4 is 16.4 Å². The lowest BCUT2D eigenvalue weighted by Crippen LogP contribution is -2.77. The van der Waals surface area contributed by atoms with E-state index in [4.69, 9.17) is 11.1 Å². The van der Waals surface area contributed by atoms with Crippen molar-refractivity contribution in [1.82, 2.24) is 20.4 Å². The Morgan fingerprint density at radius 2 is 1.95 bits per heavy atom. The van der Waals surface area contributed by atoms with E-state index in [2.05, 4.69) is 35.9 Å². The first-order valence-electron chi connectivity index (χ1n) is 8.32. The van der Waals surface area contributed by atoms with Gasteiger partial charge in [0.25, 0.3) is 0 Å². The first kappa shape index (κ1) is 15.6. The number of likely N-dealkylation sites (tertiary alicyclic amines) is 2. The van der Waals surface area contributed by atoms with Gasteiger partial charge in [-0.05, 0) is 26.2 Å². The first-order valence-corrected chi connectivity index (χ1v) is 8.32. The molecule has 21 heavy (non-hydrogen) atoms. The molecule has 0 aromatic carbocycles. The normalized spacial score (nSPS) is 49.9. The number of nitrogens with two attached hydrogens (primary N) is 1. The zero-order chi connectivity index (χ0) is 15.2. The zero-order valence-electron chi connectivity index (χ0n) is 13.5. The molecule has 6 unspecified atom stereocenters. The quantitative estimate of drug-likeness (QED) is 0.607. The van der Waals surface area contributed by atoms with E-state index < -0.39 is 0 Å². The average Bonchev–Trinajstić information content (AvgIpc) is 2.98. The number of β-amino-alcohol motifs (C(OH)–C–C–N with tert-alkyl or cyclic N) is 1. The third-order valence-electron chi connectivity index (χ3n) is 5.48. The van der Waals surface area contributed by atoms with Crippen molar-refractivity contribution in [1.29, 1.82) is 0 Å². The molecule has 6 nitrogen and oxygen atoms in total. The molecule has 6 heteroatoms. The summed E-state index contributed by atoms with van der Waals surface area (Å²) in [7, 11) is 0. The highest BCUT2D eigenvalue weighted by Crippen LogP contribution is 2.34. The second kappa shape index (κ2) is 5.76. The number of piperazine rings is 1. The van der Waals surface area contributed by atoms with Crippen LogP contribution in [0.4, 0.5) is 0 Å². The molecule has 121 valence electrons. The number of nitrogens with one attached hydrogen (secondary N) is 1. The van der Waals surface area contributed by atoms with E-state index in [1.165, 1.54) is 0 Å². The Hall–Kier alpha value is -0.240. The lowest BCUT2D eigenvalue weighted by atomic mass is 10.0. The summed E-state index contributed by atoms with van der Waals surface area (Å²) in [6.07, 6.45) is 0.618. The average molecular weight is 296 g/mol. The Morgan fingerprint density at radius 1 is 1.19 bits per heavy atom. The molecule has 3 aliphatic rings. The van der Waals surface area contributed by atoms with E-state index in [1.807, 2.05) is 0 Å². The zero-order valence-corrected chi connectivity index (χ0v) is 13.5. The maximum atomic E-state index is 9.98. The van der Waals surface area contributed by atoms with Gasteiger partial charge in [0.05, 0.1) is 12.1 Å². The van der Waals surface area contributed by atoms with Gasteiger partial charge in [-0.15, -0.1) is 0 Å². The predicted octanol–water partition coefficient (Wildman–Crippen LogP) is -1.03. The molecule has 0 bridgehead atoms. The Kier molecular flexibility index (Phi) is 4.29. The van der Waals surface area contributed by atoms with E-state index >= 15 is 0 Å². The Balaban J connectivity index is 1.87. The Bertz CT molecular complexity index is 371. The van der Waals surface area contributed by atoms with Gasteiger partial charge in [0, 0.05) is 44.8 Å². The van der Waals surface area contributed by atoms with Crippen molar-refractivity contribution < 1.29 is 5.11 Å². The molecule has 4 N–H and O–H groups in total. The molecule has 0 aliphatic carbocycles. The van der Waals surface area contributed by atoms with Gasteiger partial charge in [0.1, 0.15) is 0 Å². The van der Waals surface area contributed by atoms with Crippen molar-refractivity contribution in [3.05, 3.63) is 0 Å². The summed E-state index contributed by atoms with van der Waals surface area (Å²) in [5.41, 5.74) is 6.26. The van der Waals surface area contributed by atoms with Crippen LogP contribution in [-0.2, 0) is 0 Å². The van der Waals surface area contributed by atoms with Crippen LogP contribution in [0.3, 0.4) is 0 Å². The fraction of sp³-hybridized carbons (Fsp3) is 1.00. The summed E-state index contributed by atoms with van der Waals surface area (Å²) in [6.45, 7) is 10.9. The maximum absolute atomic E-state index is 9.98. The van der Waals surface area contributed by atoms with Crippen LogP contribution in [0.2, 0.25) is 0 Å². The summed E-state index contributed by atoms with van der Waals surface area (Å²) >= 11 is 0. The second-order valence-electron chi connectivity index (χ2n) is 7.25. The van der Waals surface area contributed by atoms with Crippen molar-refractivity contribution in [2.75, 3.05) is 32.7 Å². The summed E-state index contributed by atoms with van der Waals surface area (Å²) in [5.74, 6) is 0.156. The molecule has 0 aromatic heterocycles. The van der Waals surface area contributed by atoms with Crippen LogP contribution in [0.5, 0.6) is 0 Å². The molecule has 1 radical (unpaired) electrons. The predicted molar refractivity (Wildman–Crippen MR) is 82.7 cm³/mol. The Labute approximate surface area is 128 Å². The van der Waals surface area contributed by atoms with Gasteiger partial charge < -0.3 is 16.2 Å². The van der Waals surface area contributed by atoms with Crippen molar-refractivity contribution >= 4 is 0 Å². The molecule has 0 aromatic rings. The molecular formula is C15H30N5O. The van der Waals surface area contributed by atoms with Crippen LogP contribution in [0.15, 0.2) is 0 Å². The van der Waals surface area contributed by atoms with Gasteiger partial charge in [-0.25, -0.2) is 5.32 Å². The monoisotopic (exact) mass is 296 g/mol. The fourth-order valence-corrected chi connectivity index (χ4v) is 4.25. The third kappa shape index (κ3) is 2.62. The van der Waals surface area contributed by atoms with Crippen LogP contribution >= 0.6 is 0 Å². The van der Waals surface area contributed by atoms with Gasteiger partial charge in [0.2, 0.25) is 0 Å². The van der Waals surface area contributed by atoms with Crippen molar-refractivity contribution in [2.45, 2.75) is 57.2 Å². The summed E-state index contributed by atoms with van der Waals surface area (Å²) in [5, 5.41) is 18.8. The number of hydrogen-bond donors (Lipinski definition) is 3. The van der Waals surface area contributed by atoms with Gasteiger partial charge in [-0.2, -0.15) is 0 Å². The van der Waals surface area contributed by atoms with Crippen LogP contribution in [-0.4, -0.2) is 77.6 Å². The van der Waals surface area contributed by atoms with E-state index in [0.717, 1.165) is 32.6 Å². The number of aliphatic hydroxyl groups excluding tert-OH is 1. The van der Waals surface area contributed by atoms with E-state index in [0.29, 0.717) is 18.5 Å². The molecule has 3 saturated heterocycles. The molecule has 0 spiro atoms. The van der Waals surface area contributed by atoms with E-state index in [1.54, 1.807) is 0 Å². The van der Waals surface area contributed by atoms with Crippen molar-refractivity contribution in [3.8, 4) is 0 Å². The Morgan fingerprint density at radius 3 is 2.48 bits per heavy atom.